The summed E-state index contributed by atoms with van der Waals surface area (Å²) in [6, 6.07) is 15.1. The van der Waals surface area contributed by atoms with Gasteiger partial charge in [0.25, 0.3) is 0 Å². The highest BCUT2D eigenvalue weighted by molar-refractivity contribution is 5.90. The number of carbonyl (C=O) groups is 1. The van der Waals surface area contributed by atoms with Crippen LogP contribution in [0.2, 0.25) is 0 Å². The Morgan fingerprint density at radius 1 is 1.00 bits per heavy atom. The summed E-state index contributed by atoms with van der Waals surface area (Å²) in [4.78, 5) is 25.8. The van der Waals surface area contributed by atoms with Crippen LogP contribution < -0.4 is 19.6 Å². The van der Waals surface area contributed by atoms with Gasteiger partial charge in [0.2, 0.25) is 5.43 Å². The van der Waals surface area contributed by atoms with Gasteiger partial charge in [0.1, 0.15) is 23.3 Å². The van der Waals surface area contributed by atoms with Crippen molar-refractivity contribution in [3.63, 3.8) is 0 Å². The molecule has 35 heavy (non-hydrogen) atoms. The summed E-state index contributed by atoms with van der Waals surface area (Å²) < 4.78 is 22.9. The molecule has 7 nitrogen and oxygen atoms in total. The topological polar surface area (TPSA) is 95.2 Å². The highest BCUT2D eigenvalue weighted by atomic mass is 16.5. The number of rotatable bonds is 5. The van der Waals surface area contributed by atoms with Crippen molar-refractivity contribution in [2.75, 3.05) is 7.11 Å². The molecule has 1 unspecified atom stereocenters. The molecular formula is C28H24O7. The predicted octanol–water partition coefficient (Wildman–Crippen LogP) is 5.40. The van der Waals surface area contributed by atoms with Gasteiger partial charge in [-0.3, -0.25) is 9.59 Å². The van der Waals surface area contributed by atoms with E-state index in [2.05, 4.69) is 0 Å². The summed E-state index contributed by atoms with van der Waals surface area (Å²) in [5.74, 6) is 0.852. The van der Waals surface area contributed by atoms with Gasteiger partial charge in [-0.1, -0.05) is 18.2 Å². The average Bonchev–Trinajstić information content (AvgIpc) is 2.84. The minimum absolute atomic E-state index is 0.0267. The first-order valence-corrected chi connectivity index (χ1v) is 11.3. The smallest absolute Gasteiger partial charge is 0.312 e. The van der Waals surface area contributed by atoms with Crippen LogP contribution >= 0.6 is 0 Å². The van der Waals surface area contributed by atoms with E-state index in [4.69, 9.17) is 18.6 Å². The molecule has 0 radical (unpaired) electrons. The summed E-state index contributed by atoms with van der Waals surface area (Å²) in [5.41, 5.74) is 2.61. The van der Waals surface area contributed by atoms with Crippen LogP contribution in [0.4, 0.5) is 0 Å². The van der Waals surface area contributed by atoms with E-state index in [9.17, 15) is 14.7 Å². The van der Waals surface area contributed by atoms with Gasteiger partial charge in [-0.25, -0.2) is 0 Å². The molecule has 178 valence electrons. The standard InChI is InChI=1S/C28H24O7/c1-15(2)34-22-10-6-17(12-24(22)32-3)20-13-25(30)35-23-11-9-19-27(31)21(14-33-28(19)26(20)23)16-4-7-18(29)8-5-16/h4-12,14-15,20,29H,13H2,1-3H3. The third-order valence-corrected chi connectivity index (χ3v) is 6.01. The molecule has 7 heteroatoms. The Morgan fingerprint density at radius 3 is 2.49 bits per heavy atom. The van der Waals surface area contributed by atoms with Gasteiger partial charge in [-0.2, -0.15) is 0 Å². The lowest BCUT2D eigenvalue weighted by Gasteiger charge is -2.26. The van der Waals surface area contributed by atoms with Crippen molar-refractivity contribution in [2.45, 2.75) is 32.3 Å². The number of hydrogen-bond acceptors (Lipinski definition) is 7. The summed E-state index contributed by atoms with van der Waals surface area (Å²) in [6.07, 6.45) is 1.47. The summed E-state index contributed by atoms with van der Waals surface area (Å²) in [6.45, 7) is 3.86. The fourth-order valence-corrected chi connectivity index (χ4v) is 4.43. The molecule has 0 fully saturated rings. The molecule has 0 spiro atoms. The number of methoxy groups -OCH3 is 1. The fraction of sp³-hybridized carbons (Fsp3) is 0.214. The molecule has 0 bridgehead atoms. The van der Waals surface area contributed by atoms with Gasteiger partial charge in [0.05, 0.1) is 30.6 Å². The highest BCUT2D eigenvalue weighted by Crippen LogP contribution is 2.44. The Hall–Kier alpha value is -4.26. The Bertz CT molecular complexity index is 1480. The third kappa shape index (κ3) is 4.10. The van der Waals surface area contributed by atoms with E-state index in [0.29, 0.717) is 44.9 Å². The quantitative estimate of drug-likeness (QED) is 0.307. The molecule has 0 saturated heterocycles. The van der Waals surface area contributed by atoms with Crippen molar-refractivity contribution in [2.24, 2.45) is 0 Å². The van der Waals surface area contributed by atoms with Gasteiger partial charge in [0.15, 0.2) is 11.5 Å². The first kappa shape index (κ1) is 22.5. The minimum Gasteiger partial charge on any atom is -0.508 e. The number of aromatic hydroxyl groups is 1. The molecule has 2 heterocycles. The second kappa shape index (κ2) is 8.83. The van der Waals surface area contributed by atoms with Crippen LogP contribution in [0.5, 0.6) is 23.0 Å². The zero-order valence-electron chi connectivity index (χ0n) is 19.5. The van der Waals surface area contributed by atoms with Gasteiger partial charge in [0, 0.05) is 11.5 Å². The van der Waals surface area contributed by atoms with Crippen LogP contribution in [0, 0.1) is 0 Å². The molecule has 5 rings (SSSR count). The van der Waals surface area contributed by atoms with Gasteiger partial charge < -0.3 is 23.7 Å². The maximum atomic E-state index is 13.4. The molecule has 1 aromatic heterocycles. The van der Waals surface area contributed by atoms with Crippen molar-refractivity contribution < 1.29 is 28.5 Å². The number of esters is 1. The van der Waals surface area contributed by atoms with Crippen molar-refractivity contribution in [1.29, 1.82) is 0 Å². The fourth-order valence-electron chi connectivity index (χ4n) is 4.43. The Labute approximate surface area is 201 Å². The lowest BCUT2D eigenvalue weighted by molar-refractivity contribution is -0.135. The van der Waals surface area contributed by atoms with Crippen LogP contribution in [0.25, 0.3) is 22.1 Å². The van der Waals surface area contributed by atoms with Crippen molar-refractivity contribution in [3.8, 4) is 34.1 Å². The van der Waals surface area contributed by atoms with E-state index in [1.54, 1.807) is 31.4 Å². The predicted molar refractivity (Wildman–Crippen MR) is 130 cm³/mol. The first-order chi connectivity index (χ1) is 16.9. The molecule has 3 aromatic carbocycles. The molecular weight excluding hydrogens is 448 g/mol. The second-order valence-electron chi connectivity index (χ2n) is 8.69. The first-order valence-electron chi connectivity index (χ1n) is 11.3. The van der Waals surface area contributed by atoms with Gasteiger partial charge in [-0.15, -0.1) is 0 Å². The molecule has 0 saturated carbocycles. The Morgan fingerprint density at radius 2 is 1.77 bits per heavy atom. The number of benzene rings is 3. The number of fused-ring (bicyclic) bond motifs is 3. The monoisotopic (exact) mass is 472 g/mol. The van der Waals surface area contributed by atoms with Crippen LogP contribution in [0.1, 0.15) is 37.3 Å². The van der Waals surface area contributed by atoms with Crippen molar-refractivity contribution >= 4 is 16.9 Å². The Kier molecular flexibility index (Phi) is 5.68. The Balaban J connectivity index is 1.66. The van der Waals surface area contributed by atoms with E-state index in [0.717, 1.165) is 5.56 Å². The molecule has 0 amide bonds. The number of ether oxygens (including phenoxy) is 3. The van der Waals surface area contributed by atoms with Crippen molar-refractivity contribution in [3.05, 3.63) is 82.2 Å². The van der Waals surface area contributed by atoms with Crippen LogP contribution in [-0.2, 0) is 4.79 Å². The maximum absolute atomic E-state index is 13.4. The number of carbonyl (C=O) groups excluding carboxylic acids is 1. The normalized spacial score (nSPS) is 15.1. The SMILES string of the molecule is COc1cc(C2CC(=O)Oc3ccc4c(=O)c(-c5ccc(O)cc5)coc4c32)ccc1OC(C)C. The second-order valence-corrected chi connectivity index (χ2v) is 8.69. The zero-order chi connectivity index (χ0) is 24.7. The highest BCUT2D eigenvalue weighted by Gasteiger charge is 2.32. The summed E-state index contributed by atoms with van der Waals surface area (Å²) in [5, 5.41) is 9.95. The molecule has 0 aliphatic carbocycles. The lowest BCUT2D eigenvalue weighted by atomic mass is 9.85. The van der Waals surface area contributed by atoms with Gasteiger partial charge in [-0.05, 0) is 61.4 Å². The van der Waals surface area contributed by atoms with Crippen molar-refractivity contribution in [1.82, 2.24) is 0 Å². The molecule has 1 aliphatic rings. The van der Waals surface area contributed by atoms with Crippen LogP contribution in [0.3, 0.4) is 0 Å². The zero-order valence-corrected chi connectivity index (χ0v) is 19.5. The lowest BCUT2D eigenvalue weighted by Crippen LogP contribution is -2.22. The van der Waals surface area contributed by atoms with Crippen LogP contribution in [-0.4, -0.2) is 24.3 Å². The molecule has 1 atom stereocenters. The van der Waals surface area contributed by atoms with E-state index in [1.165, 1.54) is 18.4 Å². The average molecular weight is 472 g/mol. The van der Waals surface area contributed by atoms with Gasteiger partial charge >= 0.3 is 5.97 Å². The molecule has 1 aliphatic heterocycles. The van der Waals surface area contributed by atoms with Crippen LogP contribution in [0.15, 0.2) is 70.1 Å². The molecule has 1 N–H and O–H groups in total. The largest absolute Gasteiger partial charge is 0.508 e. The van der Waals surface area contributed by atoms with E-state index in [1.807, 2.05) is 32.0 Å². The minimum atomic E-state index is -0.403. The van der Waals surface area contributed by atoms with E-state index in [-0.39, 0.29) is 29.7 Å². The number of phenols is 1. The third-order valence-electron chi connectivity index (χ3n) is 6.01. The van der Waals surface area contributed by atoms with E-state index >= 15 is 0 Å². The maximum Gasteiger partial charge on any atom is 0.312 e. The number of hydrogen-bond donors (Lipinski definition) is 1. The molecule has 4 aromatic rings. The number of phenolic OH excluding ortho intramolecular Hbond substituents is 1. The summed E-state index contributed by atoms with van der Waals surface area (Å²) >= 11 is 0. The van der Waals surface area contributed by atoms with E-state index < -0.39 is 5.92 Å². The summed E-state index contributed by atoms with van der Waals surface area (Å²) in [7, 11) is 1.56.